The van der Waals surface area contributed by atoms with Crippen LogP contribution in [0, 0.1) is 17.8 Å². The molecule has 0 nitrogen and oxygen atoms in total. The van der Waals surface area contributed by atoms with Crippen molar-refractivity contribution in [2.45, 2.75) is 10.8 Å². The SMILES string of the molecule is ClCC1C2C=CC(C2)C1(Cl)Cl. The molecule has 0 spiro atoms. The minimum Gasteiger partial charge on any atom is -0.126 e. The topological polar surface area (TPSA) is 0 Å². The van der Waals surface area contributed by atoms with E-state index in [0.29, 0.717) is 17.7 Å². The molecule has 0 saturated heterocycles. The Morgan fingerprint density at radius 2 is 2.09 bits per heavy atom. The predicted molar refractivity (Wildman–Crippen MR) is 49.4 cm³/mol. The molecule has 3 atom stereocenters. The van der Waals surface area contributed by atoms with Gasteiger partial charge in [-0.05, 0) is 12.3 Å². The fourth-order valence-corrected chi connectivity index (χ4v) is 3.52. The zero-order valence-corrected chi connectivity index (χ0v) is 8.20. The first kappa shape index (κ1) is 8.22. The van der Waals surface area contributed by atoms with Crippen molar-refractivity contribution in [1.82, 2.24) is 0 Å². The van der Waals surface area contributed by atoms with Crippen LogP contribution in [0.4, 0.5) is 0 Å². The van der Waals surface area contributed by atoms with Gasteiger partial charge in [0.2, 0.25) is 0 Å². The number of halogens is 3. The summed E-state index contributed by atoms with van der Waals surface area (Å²) in [6.45, 7) is 0. The van der Waals surface area contributed by atoms with Crippen molar-refractivity contribution in [3.05, 3.63) is 12.2 Å². The van der Waals surface area contributed by atoms with Crippen LogP contribution in [0.2, 0.25) is 0 Å². The van der Waals surface area contributed by atoms with Crippen molar-refractivity contribution in [1.29, 1.82) is 0 Å². The highest BCUT2D eigenvalue weighted by atomic mass is 35.5. The lowest BCUT2D eigenvalue weighted by Gasteiger charge is -2.28. The average Bonchev–Trinajstić information content (AvgIpc) is 2.44. The minimum absolute atomic E-state index is 0.252. The molecule has 3 heteroatoms. The van der Waals surface area contributed by atoms with Crippen LogP contribution in [0.5, 0.6) is 0 Å². The highest BCUT2D eigenvalue weighted by Crippen LogP contribution is 2.56. The molecule has 0 heterocycles. The van der Waals surface area contributed by atoms with Crippen molar-refractivity contribution in [3.8, 4) is 0 Å². The Morgan fingerprint density at radius 3 is 2.45 bits per heavy atom. The molecule has 2 bridgehead atoms. The lowest BCUT2D eigenvalue weighted by atomic mass is 9.95. The van der Waals surface area contributed by atoms with Crippen LogP contribution in [0.15, 0.2) is 12.2 Å². The third-order valence-electron chi connectivity index (χ3n) is 2.79. The lowest BCUT2D eigenvalue weighted by molar-refractivity contribution is 0.474. The van der Waals surface area contributed by atoms with Gasteiger partial charge in [0, 0.05) is 17.7 Å². The zero-order chi connectivity index (χ0) is 8.06. The number of allylic oxidation sites excluding steroid dienone is 2. The van der Waals surface area contributed by atoms with E-state index in [1.54, 1.807) is 0 Å². The van der Waals surface area contributed by atoms with Crippen molar-refractivity contribution in [3.63, 3.8) is 0 Å². The fraction of sp³-hybridized carbons (Fsp3) is 0.750. The van der Waals surface area contributed by atoms with Crippen LogP contribution >= 0.6 is 34.8 Å². The largest absolute Gasteiger partial charge is 0.129 e. The van der Waals surface area contributed by atoms with Gasteiger partial charge in [0.05, 0.1) is 0 Å². The van der Waals surface area contributed by atoms with Gasteiger partial charge in [0.1, 0.15) is 4.33 Å². The van der Waals surface area contributed by atoms with Crippen molar-refractivity contribution in [2.24, 2.45) is 17.8 Å². The van der Waals surface area contributed by atoms with Crippen LogP contribution in [0.3, 0.4) is 0 Å². The van der Waals surface area contributed by atoms with E-state index < -0.39 is 4.33 Å². The van der Waals surface area contributed by atoms with Gasteiger partial charge in [-0.3, -0.25) is 0 Å². The highest BCUT2D eigenvalue weighted by molar-refractivity contribution is 6.49. The van der Waals surface area contributed by atoms with Gasteiger partial charge in [-0.15, -0.1) is 34.8 Å². The van der Waals surface area contributed by atoms with E-state index in [2.05, 4.69) is 12.2 Å². The molecule has 2 aliphatic rings. The Balaban J connectivity index is 2.29. The predicted octanol–water partition coefficient (Wildman–Crippen LogP) is 3.22. The van der Waals surface area contributed by atoms with Crippen molar-refractivity contribution < 1.29 is 0 Å². The minimum atomic E-state index is -0.596. The normalized spacial score (nSPS) is 45.2. The summed E-state index contributed by atoms with van der Waals surface area (Å²) in [5.41, 5.74) is 0. The summed E-state index contributed by atoms with van der Waals surface area (Å²) >= 11 is 18.1. The second-order valence-electron chi connectivity index (χ2n) is 3.33. The molecule has 0 N–H and O–H groups in total. The van der Waals surface area contributed by atoms with Gasteiger partial charge in [0.15, 0.2) is 0 Å². The smallest absolute Gasteiger partial charge is 0.126 e. The van der Waals surface area contributed by atoms with E-state index in [9.17, 15) is 0 Å². The maximum atomic E-state index is 6.16. The second-order valence-corrected chi connectivity index (χ2v) is 5.08. The molecule has 62 valence electrons. The van der Waals surface area contributed by atoms with E-state index in [0.717, 1.165) is 6.42 Å². The van der Waals surface area contributed by atoms with Crippen LogP contribution in [-0.4, -0.2) is 10.2 Å². The van der Waals surface area contributed by atoms with Gasteiger partial charge >= 0.3 is 0 Å². The summed E-state index contributed by atoms with van der Waals surface area (Å²) in [6, 6.07) is 0. The van der Waals surface area contributed by atoms with Gasteiger partial charge in [-0.1, -0.05) is 12.2 Å². The van der Waals surface area contributed by atoms with E-state index in [1.165, 1.54) is 0 Å². The highest BCUT2D eigenvalue weighted by Gasteiger charge is 2.53. The standard InChI is InChI=1S/C8H9Cl3/c9-4-7-5-1-2-6(3-5)8(7,10)11/h1-2,5-7H,3-4H2. The Hall–Kier alpha value is 0.610. The van der Waals surface area contributed by atoms with Crippen molar-refractivity contribution in [2.75, 3.05) is 5.88 Å². The fourth-order valence-electron chi connectivity index (χ4n) is 2.09. The molecule has 1 fully saturated rings. The lowest BCUT2D eigenvalue weighted by Crippen LogP contribution is -2.31. The summed E-state index contributed by atoms with van der Waals surface area (Å²) in [4.78, 5) is 0. The van der Waals surface area contributed by atoms with Crippen LogP contribution < -0.4 is 0 Å². The summed E-state index contributed by atoms with van der Waals surface area (Å²) in [5.74, 6) is 1.67. The second kappa shape index (κ2) is 2.55. The van der Waals surface area contributed by atoms with Crippen LogP contribution in [0.1, 0.15) is 6.42 Å². The molecule has 11 heavy (non-hydrogen) atoms. The molecule has 2 aliphatic carbocycles. The van der Waals surface area contributed by atoms with E-state index in [4.69, 9.17) is 34.8 Å². The van der Waals surface area contributed by atoms with Gasteiger partial charge in [-0.25, -0.2) is 0 Å². The Morgan fingerprint density at radius 1 is 1.36 bits per heavy atom. The first-order chi connectivity index (χ1) is 5.16. The number of hydrogen-bond acceptors (Lipinski definition) is 0. The quantitative estimate of drug-likeness (QED) is 0.461. The molecule has 0 amide bonds. The van der Waals surface area contributed by atoms with E-state index in [1.807, 2.05) is 0 Å². The van der Waals surface area contributed by atoms with Gasteiger partial charge in [-0.2, -0.15) is 0 Å². The number of hydrogen-bond donors (Lipinski definition) is 0. The average molecular weight is 212 g/mol. The van der Waals surface area contributed by atoms with Crippen molar-refractivity contribution >= 4 is 34.8 Å². The maximum Gasteiger partial charge on any atom is 0.129 e. The van der Waals surface area contributed by atoms with E-state index in [-0.39, 0.29) is 5.92 Å². The summed E-state index contributed by atoms with van der Waals surface area (Å²) in [6.07, 6.45) is 5.40. The first-order valence-corrected chi connectivity index (χ1v) is 5.07. The molecule has 3 unspecified atom stereocenters. The number of fused-ring (bicyclic) bond motifs is 2. The third kappa shape index (κ3) is 1.03. The van der Waals surface area contributed by atoms with Crippen LogP contribution in [-0.2, 0) is 0 Å². The molecule has 2 rings (SSSR count). The Kier molecular flexibility index (Phi) is 1.90. The molecular formula is C8H9Cl3. The molecule has 1 saturated carbocycles. The Labute approximate surface area is 81.5 Å². The third-order valence-corrected chi connectivity index (χ3v) is 4.24. The monoisotopic (exact) mass is 210 g/mol. The van der Waals surface area contributed by atoms with E-state index >= 15 is 0 Å². The number of rotatable bonds is 1. The summed E-state index contributed by atoms with van der Waals surface area (Å²) < 4.78 is -0.596. The number of alkyl halides is 3. The molecule has 0 radical (unpaired) electrons. The molecule has 0 aromatic rings. The molecular weight excluding hydrogens is 202 g/mol. The summed E-state index contributed by atoms with van der Waals surface area (Å²) in [5, 5.41) is 0. The van der Waals surface area contributed by atoms with Gasteiger partial charge in [0.25, 0.3) is 0 Å². The summed E-state index contributed by atoms with van der Waals surface area (Å²) in [7, 11) is 0. The molecule has 0 aromatic carbocycles. The Bertz CT molecular complexity index is 198. The van der Waals surface area contributed by atoms with Crippen LogP contribution in [0.25, 0.3) is 0 Å². The molecule has 0 aliphatic heterocycles. The molecule has 0 aromatic heterocycles. The zero-order valence-electron chi connectivity index (χ0n) is 5.93. The van der Waals surface area contributed by atoms with Gasteiger partial charge < -0.3 is 0 Å². The first-order valence-electron chi connectivity index (χ1n) is 3.78. The maximum absolute atomic E-state index is 6.16.